The minimum atomic E-state index is -4.93. The first kappa shape index (κ1) is 24.6. The summed E-state index contributed by atoms with van der Waals surface area (Å²) < 4.78 is 79.8. The van der Waals surface area contributed by atoms with E-state index in [-0.39, 0.29) is 17.1 Å². The molecule has 2 aromatic heterocycles. The van der Waals surface area contributed by atoms with E-state index in [1.807, 2.05) is 24.5 Å². The highest BCUT2D eigenvalue weighted by Gasteiger charge is 2.36. The van der Waals surface area contributed by atoms with Crippen molar-refractivity contribution in [2.45, 2.75) is 31.5 Å². The molecule has 0 saturated carbocycles. The predicted octanol–water partition coefficient (Wildman–Crippen LogP) is 4.63. The lowest BCUT2D eigenvalue weighted by molar-refractivity contribution is -0.139. The minimum Gasteiger partial charge on any atom is -0.368 e. The molecule has 2 aromatic carbocycles. The third-order valence-corrected chi connectivity index (χ3v) is 6.60. The van der Waals surface area contributed by atoms with Gasteiger partial charge in [-0.05, 0) is 43.7 Å². The summed E-state index contributed by atoms with van der Waals surface area (Å²) in [6.45, 7) is 4.56. The molecule has 4 rings (SSSR count). The van der Waals surface area contributed by atoms with E-state index >= 15 is 0 Å². The van der Waals surface area contributed by atoms with Gasteiger partial charge in [0.2, 0.25) is 10.0 Å². The molecule has 0 atom stereocenters. The van der Waals surface area contributed by atoms with Crippen LogP contribution < -0.4 is 10.5 Å². The number of alkyl halides is 3. The maximum Gasteiger partial charge on any atom is 0.417 e. The zero-order valence-electron chi connectivity index (χ0n) is 18.7. The van der Waals surface area contributed by atoms with Gasteiger partial charge in [-0.2, -0.15) is 13.2 Å². The Labute approximate surface area is 198 Å². The summed E-state index contributed by atoms with van der Waals surface area (Å²) in [5.74, 6) is 0.0104. The van der Waals surface area contributed by atoms with Crippen LogP contribution >= 0.6 is 0 Å². The SMILES string of the molecule is Cc1ccc(F)c2c1cc(C)n2CCNc1cc(-c2ccc(S(N)(=O)=O)c(C(F)(F)F)c2)ncn1. The summed E-state index contributed by atoms with van der Waals surface area (Å²) in [5.41, 5.74) is 1.16. The molecule has 0 amide bonds. The third-order valence-electron chi connectivity index (χ3n) is 5.63. The first-order chi connectivity index (χ1) is 16.4. The number of fused-ring (bicyclic) bond motifs is 1. The molecule has 35 heavy (non-hydrogen) atoms. The van der Waals surface area contributed by atoms with Gasteiger partial charge in [-0.1, -0.05) is 12.1 Å². The Morgan fingerprint density at radius 3 is 2.49 bits per heavy atom. The van der Waals surface area contributed by atoms with Crippen molar-refractivity contribution in [3.8, 4) is 11.3 Å². The van der Waals surface area contributed by atoms with Gasteiger partial charge in [-0.3, -0.25) is 0 Å². The molecule has 0 fully saturated rings. The molecule has 2 heterocycles. The van der Waals surface area contributed by atoms with Crippen LogP contribution in [0.2, 0.25) is 0 Å². The van der Waals surface area contributed by atoms with Crippen LogP contribution in [0.25, 0.3) is 22.2 Å². The van der Waals surface area contributed by atoms with Crippen LogP contribution in [-0.2, 0) is 22.7 Å². The zero-order valence-corrected chi connectivity index (χ0v) is 19.5. The lowest BCUT2D eigenvalue weighted by Gasteiger charge is -2.14. The Morgan fingerprint density at radius 2 is 1.80 bits per heavy atom. The fourth-order valence-electron chi connectivity index (χ4n) is 3.96. The monoisotopic (exact) mass is 507 g/mol. The number of sulfonamides is 1. The lowest BCUT2D eigenvalue weighted by atomic mass is 10.1. The molecule has 0 unspecified atom stereocenters. The van der Waals surface area contributed by atoms with Gasteiger partial charge in [0.15, 0.2) is 0 Å². The molecule has 3 N–H and O–H groups in total. The van der Waals surface area contributed by atoms with Gasteiger partial charge in [0.25, 0.3) is 0 Å². The lowest BCUT2D eigenvalue weighted by Crippen LogP contribution is -2.19. The largest absolute Gasteiger partial charge is 0.417 e. The third kappa shape index (κ3) is 4.98. The van der Waals surface area contributed by atoms with Crippen LogP contribution in [0, 0.1) is 19.7 Å². The number of nitrogens with zero attached hydrogens (tertiary/aromatic N) is 3. The maximum atomic E-state index is 14.5. The van der Waals surface area contributed by atoms with Crippen molar-refractivity contribution in [1.29, 1.82) is 0 Å². The Bertz CT molecular complexity index is 1530. The van der Waals surface area contributed by atoms with E-state index < -0.39 is 26.7 Å². The maximum absolute atomic E-state index is 14.5. The molecular weight excluding hydrogens is 486 g/mol. The fourth-order valence-corrected chi connectivity index (χ4v) is 4.70. The molecule has 0 radical (unpaired) electrons. The van der Waals surface area contributed by atoms with Crippen LogP contribution in [0.15, 0.2) is 53.7 Å². The summed E-state index contributed by atoms with van der Waals surface area (Å²) in [6.07, 6.45) is -3.76. The first-order valence-electron chi connectivity index (χ1n) is 10.4. The van der Waals surface area contributed by atoms with Gasteiger partial charge >= 0.3 is 6.18 Å². The Kier molecular flexibility index (Phi) is 6.28. The minimum absolute atomic E-state index is 0.0416. The summed E-state index contributed by atoms with van der Waals surface area (Å²) in [4.78, 5) is 7.07. The van der Waals surface area contributed by atoms with Crippen molar-refractivity contribution in [3.05, 3.63) is 71.4 Å². The van der Waals surface area contributed by atoms with Crippen molar-refractivity contribution < 1.29 is 26.0 Å². The highest BCUT2D eigenvalue weighted by molar-refractivity contribution is 7.89. The van der Waals surface area contributed by atoms with Gasteiger partial charge in [0.1, 0.15) is 18.0 Å². The second-order valence-corrected chi connectivity index (χ2v) is 9.56. The number of nitrogens with one attached hydrogen (secondary N) is 1. The number of hydrogen-bond donors (Lipinski definition) is 2. The van der Waals surface area contributed by atoms with E-state index in [1.165, 1.54) is 24.5 Å². The van der Waals surface area contributed by atoms with Gasteiger partial charge in [0, 0.05) is 35.8 Å². The molecule has 12 heteroatoms. The molecule has 4 aromatic rings. The number of benzene rings is 2. The molecule has 7 nitrogen and oxygen atoms in total. The molecule has 0 bridgehead atoms. The fraction of sp³-hybridized carbons (Fsp3) is 0.217. The van der Waals surface area contributed by atoms with Crippen LogP contribution in [0.3, 0.4) is 0 Å². The first-order valence-corrected chi connectivity index (χ1v) is 12.0. The highest BCUT2D eigenvalue weighted by atomic mass is 32.2. The summed E-state index contributed by atoms with van der Waals surface area (Å²) in [5, 5.41) is 8.83. The van der Waals surface area contributed by atoms with Crippen LogP contribution in [0.1, 0.15) is 16.8 Å². The van der Waals surface area contributed by atoms with Crippen molar-refractivity contribution >= 4 is 26.7 Å². The Hall–Kier alpha value is -3.51. The average molecular weight is 508 g/mol. The molecule has 0 aliphatic rings. The number of nitrogens with two attached hydrogens (primary N) is 1. The standard InChI is InChI=1S/C23H21F4N5O2S/c1-13-3-5-18(24)22-16(13)9-14(2)32(22)8-7-29-21-11-19(30-12-31-21)15-4-6-20(35(28,33)34)17(10-15)23(25,26)27/h3-6,9-12H,7-8H2,1-2H3,(H2,28,33,34)(H,29,30,31). The number of hydrogen-bond acceptors (Lipinski definition) is 5. The number of aryl methyl sites for hydroxylation is 2. The predicted molar refractivity (Wildman–Crippen MR) is 124 cm³/mol. The van der Waals surface area contributed by atoms with E-state index in [0.29, 0.717) is 30.5 Å². The van der Waals surface area contributed by atoms with E-state index in [9.17, 15) is 26.0 Å². The van der Waals surface area contributed by atoms with E-state index in [4.69, 9.17) is 5.14 Å². The normalized spacial score (nSPS) is 12.3. The summed E-state index contributed by atoms with van der Waals surface area (Å²) >= 11 is 0. The smallest absolute Gasteiger partial charge is 0.368 e. The summed E-state index contributed by atoms with van der Waals surface area (Å²) in [6, 6.07) is 9.19. The molecule has 0 saturated heterocycles. The Morgan fingerprint density at radius 1 is 1.06 bits per heavy atom. The molecule has 0 aliphatic heterocycles. The summed E-state index contributed by atoms with van der Waals surface area (Å²) in [7, 11) is -4.58. The number of primary sulfonamides is 1. The number of aromatic nitrogens is 3. The molecule has 0 spiro atoms. The van der Waals surface area contributed by atoms with Crippen molar-refractivity contribution in [2.24, 2.45) is 5.14 Å². The molecule has 184 valence electrons. The second-order valence-electron chi connectivity index (χ2n) is 8.03. The number of rotatable bonds is 6. The van der Waals surface area contributed by atoms with Gasteiger partial charge in [0.05, 0.1) is 21.7 Å². The van der Waals surface area contributed by atoms with Crippen LogP contribution in [0.5, 0.6) is 0 Å². The van der Waals surface area contributed by atoms with Crippen molar-refractivity contribution in [2.75, 3.05) is 11.9 Å². The topological polar surface area (TPSA) is 103 Å². The molecular formula is C23H21F4N5O2S. The van der Waals surface area contributed by atoms with E-state index in [0.717, 1.165) is 22.7 Å². The van der Waals surface area contributed by atoms with Crippen molar-refractivity contribution in [3.63, 3.8) is 0 Å². The average Bonchev–Trinajstić information content (AvgIpc) is 3.12. The highest BCUT2D eigenvalue weighted by Crippen LogP contribution is 2.36. The number of anilines is 1. The van der Waals surface area contributed by atoms with Gasteiger partial charge < -0.3 is 9.88 Å². The van der Waals surface area contributed by atoms with Crippen molar-refractivity contribution in [1.82, 2.24) is 14.5 Å². The number of halogens is 4. The van der Waals surface area contributed by atoms with Crippen LogP contribution in [-0.4, -0.2) is 29.5 Å². The van der Waals surface area contributed by atoms with Gasteiger partial charge in [-0.25, -0.2) is 27.9 Å². The zero-order chi connectivity index (χ0) is 25.5. The van der Waals surface area contributed by atoms with E-state index in [2.05, 4.69) is 15.3 Å². The van der Waals surface area contributed by atoms with E-state index in [1.54, 1.807) is 6.07 Å². The second kappa shape index (κ2) is 8.93. The van der Waals surface area contributed by atoms with Crippen LogP contribution in [0.4, 0.5) is 23.4 Å². The van der Waals surface area contributed by atoms with Gasteiger partial charge in [-0.15, -0.1) is 0 Å². The Balaban J connectivity index is 1.58. The quantitative estimate of drug-likeness (QED) is 0.371. The molecule has 0 aliphatic carbocycles.